The molecule has 0 aliphatic carbocycles. The van der Waals surface area contributed by atoms with Crippen LogP contribution in [0.5, 0.6) is 0 Å². The van der Waals surface area contributed by atoms with Gasteiger partial charge in [-0.15, -0.1) is 0 Å². The summed E-state index contributed by atoms with van der Waals surface area (Å²) in [5.41, 5.74) is 3.94. The zero-order chi connectivity index (χ0) is 16.9. The Hall–Kier alpha value is -0.0500. The molecule has 0 amide bonds. The minimum atomic E-state index is -4.29. The average Bonchev–Trinajstić information content (AvgIpc) is 2.45. The molecule has 0 aliphatic heterocycles. The van der Waals surface area contributed by atoms with Crippen molar-refractivity contribution >= 4 is 7.82 Å². The van der Waals surface area contributed by atoms with Crippen molar-refractivity contribution in [2.75, 3.05) is 19.8 Å². The smallest absolute Gasteiger partial charge is 0.394 e. The molecule has 9 heteroatoms. The lowest BCUT2D eigenvalue weighted by molar-refractivity contribution is 0.0697. The molecule has 0 rings (SSSR count). The Kier molecular flexibility index (Phi) is 13.8. The van der Waals surface area contributed by atoms with E-state index in [1.807, 2.05) is 6.92 Å². The lowest BCUT2D eigenvalue weighted by atomic mass is 10.1. The minimum absolute atomic E-state index is 0.299. The molecule has 0 saturated carbocycles. The Balaban J connectivity index is 0. The molecule has 0 spiro atoms. The number of unbranched alkanes of at least 4 members (excludes halogenated alkanes) is 2. The van der Waals surface area contributed by atoms with E-state index in [9.17, 15) is 4.57 Å². The summed E-state index contributed by atoms with van der Waals surface area (Å²) in [4.78, 5) is 17.1. The Morgan fingerprint density at radius 2 is 1.57 bits per heavy atom. The molecule has 0 aromatic carbocycles. The summed E-state index contributed by atoms with van der Waals surface area (Å²) in [7, 11) is -4.29. The fourth-order valence-electron chi connectivity index (χ4n) is 1.30. The van der Waals surface area contributed by atoms with E-state index >= 15 is 0 Å². The SMILES string of the molecule is CCCCCC(CC)OP(=O)(O)O.NC(CO)(CO)CO. The van der Waals surface area contributed by atoms with Crippen molar-refractivity contribution in [1.29, 1.82) is 0 Å². The Morgan fingerprint density at radius 3 is 1.81 bits per heavy atom. The predicted octanol–water partition coefficient (Wildman–Crippen LogP) is 0.115. The second kappa shape index (κ2) is 12.5. The molecule has 1 atom stereocenters. The third-order valence-electron chi connectivity index (χ3n) is 2.82. The standard InChI is InChI=1S/C8H19O4P.C4H11NO3/c1-3-5-6-7-8(4-2)12-13(9,10)11;5-4(1-6,2-7)3-8/h8H,3-7H2,1-2H3,(H2,9,10,11);6-8H,1-3,5H2. The minimum Gasteiger partial charge on any atom is -0.394 e. The summed E-state index contributed by atoms with van der Waals surface area (Å²) in [5, 5.41) is 25.0. The first-order valence-corrected chi connectivity index (χ1v) is 8.56. The van der Waals surface area contributed by atoms with Crippen LogP contribution in [-0.4, -0.2) is 56.6 Å². The van der Waals surface area contributed by atoms with E-state index in [1.54, 1.807) is 0 Å². The molecular formula is C12H30NO7P. The fourth-order valence-corrected chi connectivity index (χ4v) is 1.94. The maximum absolute atomic E-state index is 10.5. The summed E-state index contributed by atoms with van der Waals surface area (Å²) in [5.74, 6) is 0. The van der Waals surface area contributed by atoms with Crippen molar-refractivity contribution < 1.29 is 34.2 Å². The summed E-state index contributed by atoms with van der Waals surface area (Å²) < 4.78 is 15.1. The Morgan fingerprint density at radius 1 is 1.10 bits per heavy atom. The molecule has 1 unspecified atom stereocenters. The van der Waals surface area contributed by atoms with Crippen LogP contribution in [0.1, 0.15) is 46.0 Å². The molecule has 130 valence electrons. The maximum Gasteiger partial charge on any atom is 0.469 e. The highest BCUT2D eigenvalue weighted by molar-refractivity contribution is 7.46. The van der Waals surface area contributed by atoms with Gasteiger partial charge in [0.25, 0.3) is 0 Å². The van der Waals surface area contributed by atoms with E-state index < -0.39 is 33.2 Å². The van der Waals surface area contributed by atoms with Crippen LogP contribution in [0.4, 0.5) is 0 Å². The van der Waals surface area contributed by atoms with Crippen molar-refractivity contribution in [2.45, 2.75) is 57.6 Å². The quantitative estimate of drug-likeness (QED) is 0.244. The topological polar surface area (TPSA) is 153 Å². The molecular weight excluding hydrogens is 301 g/mol. The van der Waals surface area contributed by atoms with E-state index in [0.29, 0.717) is 6.42 Å². The molecule has 0 aliphatic rings. The van der Waals surface area contributed by atoms with Gasteiger partial charge in [0.15, 0.2) is 0 Å². The highest BCUT2D eigenvalue weighted by atomic mass is 31.2. The first-order valence-electron chi connectivity index (χ1n) is 7.03. The summed E-state index contributed by atoms with van der Waals surface area (Å²) in [6, 6.07) is 0. The number of hydrogen-bond donors (Lipinski definition) is 6. The van der Waals surface area contributed by atoms with Gasteiger partial charge in [0.2, 0.25) is 0 Å². The number of phosphoric ester groups is 1. The van der Waals surface area contributed by atoms with Gasteiger partial charge < -0.3 is 30.8 Å². The van der Waals surface area contributed by atoms with Gasteiger partial charge in [-0.1, -0.05) is 33.1 Å². The van der Waals surface area contributed by atoms with Gasteiger partial charge in [-0.2, -0.15) is 0 Å². The van der Waals surface area contributed by atoms with Crippen molar-refractivity contribution in [1.82, 2.24) is 0 Å². The summed E-state index contributed by atoms with van der Waals surface area (Å²) in [6.07, 6.45) is 4.24. The zero-order valence-corrected chi connectivity index (χ0v) is 13.7. The number of rotatable bonds is 10. The Labute approximate surface area is 126 Å². The van der Waals surface area contributed by atoms with Crippen LogP contribution in [0.2, 0.25) is 0 Å². The van der Waals surface area contributed by atoms with Gasteiger partial charge in [-0.3, -0.25) is 4.52 Å². The van der Waals surface area contributed by atoms with E-state index in [4.69, 9.17) is 30.8 Å². The molecule has 21 heavy (non-hydrogen) atoms. The number of phosphoric acid groups is 1. The van der Waals surface area contributed by atoms with Gasteiger partial charge in [-0.25, -0.2) is 4.57 Å². The van der Waals surface area contributed by atoms with E-state index in [0.717, 1.165) is 25.7 Å². The van der Waals surface area contributed by atoms with E-state index in [-0.39, 0.29) is 6.10 Å². The zero-order valence-electron chi connectivity index (χ0n) is 12.8. The molecule has 7 N–H and O–H groups in total. The van der Waals surface area contributed by atoms with Crippen LogP contribution in [0.25, 0.3) is 0 Å². The summed E-state index contributed by atoms with van der Waals surface area (Å²) in [6.45, 7) is 2.75. The third kappa shape index (κ3) is 14.6. The second-order valence-electron chi connectivity index (χ2n) is 4.96. The number of aliphatic hydroxyl groups is 3. The van der Waals surface area contributed by atoms with E-state index in [1.165, 1.54) is 0 Å². The monoisotopic (exact) mass is 331 g/mol. The van der Waals surface area contributed by atoms with E-state index in [2.05, 4.69) is 11.4 Å². The maximum atomic E-state index is 10.5. The molecule has 0 saturated heterocycles. The van der Waals surface area contributed by atoms with Crippen molar-refractivity contribution in [2.24, 2.45) is 5.73 Å². The predicted molar refractivity (Wildman–Crippen MR) is 79.5 cm³/mol. The van der Waals surface area contributed by atoms with Gasteiger partial charge in [0.1, 0.15) is 0 Å². The lowest BCUT2D eigenvalue weighted by Gasteiger charge is -2.20. The number of aliphatic hydroxyl groups excluding tert-OH is 3. The number of hydrogen-bond acceptors (Lipinski definition) is 6. The van der Waals surface area contributed by atoms with Gasteiger partial charge in [0, 0.05) is 0 Å². The van der Waals surface area contributed by atoms with Crippen LogP contribution in [-0.2, 0) is 9.09 Å². The van der Waals surface area contributed by atoms with Crippen LogP contribution >= 0.6 is 7.82 Å². The molecule has 0 bridgehead atoms. The third-order valence-corrected chi connectivity index (χ3v) is 3.39. The van der Waals surface area contributed by atoms with Crippen molar-refractivity contribution in [3.05, 3.63) is 0 Å². The second-order valence-corrected chi connectivity index (χ2v) is 6.15. The van der Waals surface area contributed by atoms with Crippen molar-refractivity contribution in [3.63, 3.8) is 0 Å². The fraction of sp³-hybridized carbons (Fsp3) is 1.00. The Bertz CT molecular complexity index is 273. The van der Waals surface area contributed by atoms with Crippen LogP contribution < -0.4 is 5.73 Å². The lowest BCUT2D eigenvalue weighted by Crippen LogP contribution is -2.50. The highest BCUT2D eigenvalue weighted by Crippen LogP contribution is 2.39. The molecule has 0 heterocycles. The van der Waals surface area contributed by atoms with Crippen LogP contribution in [0.15, 0.2) is 0 Å². The first kappa shape index (κ1) is 23.2. The van der Waals surface area contributed by atoms with Crippen LogP contribution in [0, 0.1) is 0 Å². The first-order chi connectivity index (χ1) is 9.67. The number of nitrogens with two attached hydrogens (primary N) is 1. The molecule has 0 aromatic rings. The molecule has 0 aromatic heterocycles. The molecule has 0 radical (unpaired) electrons. The average molecular weight is 331 g/mol. The molecule has 8 nitrogen and oxygen atoms in total. The van der Waals surface area contributed by atoms with Crippen LogP contribution in [0.3, 0.4) is 0 Å². The highest BCUT2D eigenvalue weighted by Gasteiger charge is 2.21. The largest absolute Gasteiger partial charge is 0.469 e. The summed E-state index contributed by atoms with van der Waals surface area (Å²) >= 11 is 0. The normalized spacial score (nSPS) is 13.5. The van der Waals surface area contributed by atoms with Gasteiger partial charge in [0.05, 0.1) is 31.5 Å². The molecule has 0 fully saturated rings. The van der Waals surface area contributed by atoms with Crippen molar-refractivity contribution in [3.8, 4) is 0 Å². The van der Waals surface area contributed by atoms with Gasteiger partial charge in [-0.05, 0) is 12.8 Å². The van der Waals surface area contributed by atoms with Gasteiger partial charge >= 0.3 is 7.82 Å².